The van der Waals surface area contributed by atoms with E-state index < -0.39 is 0 Å². The molecule has 0 bridgehead atoms. The van der Waals surface area contributed by atoms with Gasteiger partial charge in [0.1, 0.15) is 0 Å². The van der Waals surface area contributed by atoms with Crippen molar-refractivity contribution in [1.29, 1.82) is 0 Å². The smallest absolute Gasteiger partial charge is 0.0931 e. The van der Waals surface area contributed by atoms with Gasteiger partial charge in [0.25, 0.3) is 0 Å². The maximum absolute atomic E-state index is 5.75. The van der Waals surface area contributed by atoms with E-state index in [1.807, 2.05) is 19.1 Å². The largest absolute Gasteiger partial charge is 0.305 e. The average molecular weight is 192 g/mol. The van der Waals surface area contributed by atoms with E-state index in [4.69, 9.17) is 16.4 Å². The van der Waals surface area contributed by atoms with E-state index in [2.05, 4.69) is 5.48 Å². The first-order valence-electron chi connectivity index (χ1n) is 3.27. The van der Waals surface area contributed by atoms with Crippen LogP contribution in [-0.2, 0) is 4.84 Å². The monoisotopic (exact) mass is 191 g/mol. The quantitative estimate of drug-likeness (QED) is 0.742. The van der Waals surface area contributed by atoms with Gasteiger partial charge in [-0.25, -0.2) is 0 Å². The second kappa shape index (κ2) is 4.07. The lowest BCUT2D eigenvalue weighted by Gasteiger charge is -2.08. The summed E-state index contributed by atoms with van der Waals surface area (Å²) in [4.78, 5) is 5.96. The molecule has 2 nitrogen and oxygen atoms in total. The first-order valence-corrected chi connectivity index (χ1v) is 4.47. The molecule has 1 aromatic rings. The molecule has 0 saturated carbocycles. The van der Waals surface area contributed by atoms with Crippen molar-refractivity contribution in [2.45, 2.75) is 13.0 Å². The van der Waals surface area contributed by atoms with Gasteiger partial charge in [0.15, 0.2) is 0 Å². The Balaban J connectivity index is 2.60. The first-order chi connectivity index (χ1) is 5.24. The average Bonchev–Trinajstić information content (AvgIpc) is 2.36. The summed E-state index contributed by atoms with van der Waals surface area (Å²) in [5.74, 6) is 0. The summed E-state index contributed by atoms with van der Waals surface area (Å²) in [5, 5.41) is 0. The van der Waals surface area contributed by atoms with Gasteiger partial charge in [0.2, 0.25) is 0 Å². The molecule has 1 atom stereocenters. The summed E-state index contributed by atoms with van der Waals surface area (Å²) in [6, 6.07) is 4.08. The Labute approximate surface area is 75.1 Å². The van der Waals surface area contributed by atoms with Gasteiger partial charge in [-0.2, -0.15) is 5.48 Å². The lowest BCUT2D eigenvalue weighted by molar-refractivity contribution is 0.0668. The predicted molar refractivity (Wildman–Crippen MR) is 47.9 cm³/mol. The molecule has 0 fully saturated rings. The summed E-state index contributed by atoms with van der Waals surface area (Å²) in [5.41, 5.74) is 2.83. The van der Waals surface area contributed by atoms with Gasteiger partial charge < -0.3 is 4.84 Å². The molecule has 0 spiro atoms. The predicted octanol–water partition coefficient (Wildman–Crippen LogP) is 2.61. The molecule has 1 rings (SSSR count). The molecule has 0 radical (unpaired) electrons. The van der Waals surface area contributed by atoms with Gasteiger partial charge in [0, 0.05) is 4.88 Å². The molecule has 0 saturated heterocycles. The standard InChI is InChI=1S/C7H10ClNOS/c1-5(9-10-2)6-3-4-7(8)11-6/h3-5,9H,1-2H3. The Hall–Kier alpha value is -0.0900. The van der Waals surface area contributed by atoms with Crippen molar-refractivity contribution >= 4 is 22.9 Å². The fraction of sp³-hybridized carbons (Fsp3) is 0.429. The van der Waals surface area contributed by atoms with Crippen molar-refractivity contribution < 1.29 is 4.84 Å². The Kier molecular flexibility index (Phi) is 3.33. The fourth-order valence-electron chi connectivity index (χ4n) is 0.796. The number of thiophene rings is 1. The minimum Gasteiger partial charge on any atom is -0.305 e. The lowest BCUT2D eigenvalue weighted by Crippen LogP contribution is -2.15. The normalized spacial score (nSPS) is 13.4. The van der Waals surface area contributed by atoms with Crippen LogP contribution in [0.15, 0.2) is 12.1 Å². The molecule has 62 valence electrons. The molecule has 0 aliphatic heterocycles. The summed E-state index contributed by atoms with van der Waals surface area (Å²) < 4.78 is 0.810. The second-order valence-corrected chi connectivity index (χ2v) is 3.93. The Morgan fingerprint density at radius 1 is 1.64 bits per heavy atom. The zero-order valence-corrected chi connectivity index (χ0v) is 8.00. The summed E-state index contributed by atoms with van der Waals surface area (Å²) in [6.45, 7) is 2.02. The molecule has 0 aliphatic carbocycles. The highest BCUT2D eigenvalue weighted by Crippen LogP contribution is 2.26. The maximum atomic E-state index is 5.75. The van der Waals surface area contributed by atoms with Gasteiger partial charge in [0.05, 0.1) is 17.5 Å². The van der Waals surface area contributed by atoms with Crippen LogP contribution < -0.4 is 5.48 Å². The topological polar surface area (TPSA) is 21.3 Å². The van der Waals surface area contributed by atoms with Crippen molar-refractivity contribution in [3.05, 3.63) is 21.3 Å². The highest BCUT2D eigenvalue weighted by atomic mass is 35.5. The highest BCUT2D eigenvalue weighted by molar-refractivity contribution is 7.16. The van der Waals surface area contributed by atoms with Crippen LogP contribution >= 0.6 is 22.9 Å². The molecule has 1 aromatic heterocycles. The van der Waals surface area contributed by atoms with E-state index >= 15 is 0 Å². The molecule has 4 heteroatoms. The molecule has 0 amide bonds. The summed E-state index contributed by atoms with van der Waals surface area (Å²) in [7, 11) is 1.60. The lowest BCUT2D eigenvalue weighted by atomic mass is 10.3. The number of hydroxylamine groups is 1. The van der Waals surface area contributed by atoms with Crippen LogP contribution in [0.3, 0.4) is 0 Å². The van der Waals surface area contributed by atoms with Crippen LogP contribution in [0.4, 0.5) is 0 Å². The van der Waals surface area contributed by atoms with E-state index in [1.54, 1.807) is 18.4 Å². The van der Waals surface area contributed by atoms with Crippen molar-refractivity contribution in [3.8, 4) is 0 Å². The highest BCUT2D eigenvalue weighted by Gasteiger charge is 2.06. The van der Waals surface area contributed by atoms with Crippen LogP contribution in [0.5, 0.6) is 0 Å². The summed E-state index contributed by atoms with van der Waals surface area (Å²) >= 11 is 7.31. The first kappa shape index (κ1) is 9.00. The molecule has 11 heavy (non-hydrogen) atoms. The van der Waals surface area contributed by atoms with Crippen LogP contribution in [0.1, 0.15) is 17.8 Å². The van der Waals surface area contributed by atoms with E-state index in [0.29, 0.717) is 0 Å². The molecule has 1 heterocycles. The summed E-state index contributed by atoms with van der Waals surface area (Å²) in [6.07, 6.45) is 0. The van der Waals surface area contributed by atoms with Crippen molar-refractivity contribution in [1.82, 2.24) is 5.48 Å². The van der Waals surface area contributed by atoms with Crippen LogP contribution in [-0.4, -0.2) is 7.11 Å². The number of nitrogens with one attached hydrogen (secondary N) is 1. The maximum Gasteiger partial charge on any atom is 0.0931 e. The van der Waals surface area contributed by atoms with Crippen molar-refractivity contribution in [3.63, 3.8) is 0 Å². The van der Waals surface area contributed by atoms with Crippen molar-refractivity contribution in [2.75, 3.05) is 7.11 Å². The Morgan fingerprint density at radius 2 is 2.36 bits per heavy atom. The van der Waals surface area contributed by atoms with Gasteiger partial charge in [-0.3, -0.25) is 0 Å². The van der Waals surface area contributed by atoms with Gasteiger partial charge >= 0.3 is 0 Å². The van der Waals surface area contributed by atoms with Crippen molar-refractivity contribution in [2.24, 2.45) is 0 Å². The van der Waals surface area contributed by atoms with E-state index in [1.165, 1.54) is 4.88 Å². The Morgan fingerprint density at radius 3 is 2.82 bits per heavy atom. The number of rotatable bonds is 3. The zero-order valence-electron chi connectivity index (χ0n) is 6.43. The minimum absolute atomic E-state index is 0.206. The number of hydrogen-bond acceptors (Lipinski definition) is 3. The minimum atomic E-state index is 0.206. The second-order valence-electron chi connectivity index (χ2n) is 2.19. The van der Waals surface area contributed by atoms with E-state index in [0.717, 1.165) is 4.34 Å². The van der Waals surface area contributed by atoms with E-state index in [-0.39, 0.29) is 6.04 Å². The third-order valence-corrected chi connectivity index (χ3v) is 2.73. The van der Waals surface area contributed by atoms with Crippen LogP contribution in [0, 0.1) is 0 Å². The fourth-order valence-corrected chi connectivity index (χ4v) is 1.85. The van der Waals surface area contributed by atoms with Gasteiger partial charge in [-0.05, 0) is 19.1 Å². The van der Waals surface area contributed by atoms with Gasteiger partial charge in [-0.15, -0.1) is 11.3 Å². The molecular weight excluding hydrogens is 182 g/mol. The third-order valence-electron chi connectivity index (χ3n) is 1.32. The molecule has 0 aliphatic rings. The van der Waals surface area contributed by atoms with Crippen LogP contribution in [0.2, 0.25) is 4.34 Å². The molecular formula is C7H10ClNOS. The number of halogens is 1. The molecule has 1 N–H and O–H groups in total. The SMILES string of the molecule is CONC(C)c1ccc(Cl)s1. The number of hydrogen-bond donors (Lipinski definition) is 1. The molecule has 1 unspecified atom stereocenters. The van der Waals surface area contributed by atoms with Gasteiger partial charge in [-0.1, -0.05) is 11.6 Å². The third kappa shape index (κ3) is 2.45. The molecule has 0 aromatic carbocycles. The van der Waals surface area contributed by atoms with Crippen LogP contribution in [0.25, 0.3) is 0 Å². The zero-order chi connectivity index (χ0) is 8.27. The van der Waals surface area contributed by atoms with E-state index in [9.17, 15) is 0 Å². The Bertz CT molecular complexity index is 226.